The Morgan fingerprint density at radius 3 is 2.71 bits per heavy atom. The van der Waals surface area contributed by atoms with E-state index in [2.05, 4.69) is 5.32 Å². The number of hydrogen-bond donors (Lipinski definition) is 4. The number of nitrogens with one attached hydrogen (secondary N) is 1. The van der Waals surface area contributed by atoms with Gasteiger partial charge in [-0.1, -0.05) is 6.92 Å². The predicted molar refractivity (Wildman–Crippen MR) is 46.2 cm³/mol. The second-order valence-corrected chi connectivity index (χ2v) is 3.23. The fraction of sp³-hybridized carbons (Fsp3) is 0.875. The summed E-state index contributed by atoms with van der Waals surface area (Å²) in [6.45, 7) is 1.51. The SMILES string of the molecule is CCC(=O)N[C@@H]1C(O)OC[C@@H](O)[C@H]1O. The molecule has 82 valence electrons. The van der Waals surface area contributed by atoms with Gasteiger partial charge in [0.15, 0.2) is 6.29 Å². The Kier molecular flexibility index (Phi) is 3.82. The summed E-state index contributed by atoms with van der Waals surface area (Å²) >= 11 is 0. The minimum Gasteiger partial charge on any atom is -0.388 e. The van der Waals surface area contributed by atoms with Crippen LogP contribution in [0.15, 0.2) is 0 Å². The summed E-state index contributed by atoms with van der Waals surface area (Å²) in [6.07, 6.45) is -3.31. The number of amides is 1. The average Bonchev–Trinajstić information content (AvgIpc) is 2.18. The molecule has 1 amide bonds. The maximum Gasteiger partial charge on any atom is 0.220 e. The van der Waals surface area contributed by atoms with Gasteiger partial charge in [0.05, 0.1) is 6.61 Å². The van der Waals surface area contributed by atoms with Gasteiger partial charge in [-0.2, -0.15) is 0 Å². The van der Waals surface area contributed by atoms with Gasteiger partial charge in [0.2, 0.25) is 5.91 Å². The Balaban J connectivity index is 2.58. The summed E-state index contributed by atoms with van der Waals surface area (Å²) in [6, 6.07) is -0.966. The Morgan fingerprint density at radius 1 is 1.50 bits per heavy atom. The average molecular weight is 205 g/mol. The van der Waals surface area contributed by atoms with E-state index in [9.17, 15) is 20.1 Å². The topological polar surface area (TPSA) is 99.0 Å². The minimum absolute atomic E-state index is 0.138. The van der Waals surface area contributed by atoms with Crippen LogP contribution in [0.3, 0.4) is 0 Å². The third-order valence-corrected chi connectivity index (χ3v) is 2.16. The highest BCUT2D eigenvalue weighted by Crippen LogP contribution is 2.13. The Labute approximate surface area is 81.5 Å². The highest BCUT2D eigenvalue weighted by molar-refractivity contribution is 5.75. The summed E-state index contributed by atoms with van der Waals surface area (Å²) in [5.41, 5.74) is 0. The molecule has 0 aromatic carbocycles. The minimum atomic E-state index is -1.27. The molecule has 1 aliphatic heterocycles. The molecule has 1 fully saturated rings. The summed E-state index contributed by atoms with van der Waals surface area (Å²) in [5.74, 6) is -0.314. The van der Waals surface area contributed by atoms with Crippen LogP contribution >= 0.6 is 0 Å². The van der Waals surface area contributed by atoms with E-state index in [0.717, 1.165) is 0 Å². The molecule has 0 aromatic rings. The van der Waals surface area contributed by atoms with Crippen LogP contribution in [-0.2, 0) is 9.53 Å². The molecule has 1 unspecified atom stereocenters. The van der Waals surface area contributed by atoms with Crippen LogP contribution in [0.25, 0.3) is 0 Å². The third kappa shape index (κ3) is 2.42. The van der Waals surface area contributed by atoms with Gasteiger partial charge in [-0.3, -0.25) is 4.79 Å². The van der Waals surface area contributed by atoms with Gasteiger partial charge < -0.3 is 25.4 Å². The molecule has 0 aromatic heterocycles. The standard InChI is InChI=1S/C8H15NO5/c1-2-5(11)9-6-7(12)4(10)3-14-8(6)13/h4,6-8,10,12-13H,2-3H2,1H3,(H,9,11)/t4-,6+,7-,8?/m1/s1. The molecule has 6 nitrogen and oxygen atoms in total. The molecule has 1 saturated heterocycles. The van der Waals surface area contributed by atoms with E-state index in [1.54, 1.807) is 6.92 Å². The van der Waals surface area contributed by atoms with Crippen molar-refractivity contribution in [3.8, 4) is 0 Å². The van der Waals surface area contributed by atoms with Crippen LogP contribution in [0.2, 0.25) is 0 Å². The predicted octanol–water partition coefficient (Wildman–Crippen LogP) is -2.05. The van der Waals surface area contributed by atoms with Crippen LogP contribution in [-0.4, -0.2) is 52.4 Å². The van der Waals surface area contributed by atoms with Gasteiger partial charge in [-0.15, -0.1) is 0 Å². The van der Waals surface area contributed by atoms with Gasteiger partial charge >= 0.3 is 0 Å². The van der Waals surface area contributed by atoms with Gasteiger partial charge in [-0.05, 0) is 0 Å². The van der Waals surface area contributed by atoms with Crippen molar-refractivity contribution in [2.24, 2.45) is 0 Å². The van der Waals surface area contributed by atoms with E-state index in [1.165, 1.54) is 0 Å². The fourth-order valence-electron chi connectivity index (χ4n) is 1.25. The summed E-state index contributed by atoms with van der Waals surface area (Å²) < 4.78 is 4.75. The molecule has 1 heterocycles. The highest BCUT2D eigenvalue weighted by Gasteiger charge is 2.38. The summed E-state index contributed by atoms with van der Waals surface area (Å²) in [4.78, 5) is 11.0. The van der Waals surface area contributed by atoms with Gasteiger partial charge in [0.25, 0.3) is 0 Å². The monoisotopic (exact) mass is 205 g/mol. The second kappa shape index (κ2) is 4.70. The number of carbonyl (C=O) groups excluding carboxylic acids is 1. The Morgan fingerprint density at radius 2 is 2.14 bits per heavy atom. The summed E-state index contributed by atoms with van der Waals surface area (Å²) in [5, 5.41) is 30.3. The molecule has 14 heavy (non-hydrogen) atoms. The largest absolute Gasteiger partial charge is 0.388 e. The number of hydrogen-bond acceptors (Lipinski definition) is 5. The van der Waals surface area contributed by atoms with Crippen molar-refractivity contribution >= 4 is 5.91 Å². The number of aliphatic hydroxyl groups excluding tert-OH is 3. The van der Waals surface area contributed by atoms with Crippen LogP contribution in [0.4, 0.5) is 0 Å². The number of carbonyl (C=O) groups is 1. The fourth-order valence-corrected chi connectivity index (χ4v) is 1.25. The van der Waals surface area contributed by atoms with Crippen LogP contribution in [0.5, 0.6) is 0 Å². The van der Waals surface area contributed by atoms with E-state index in [4.69, 9.17) is 4.74 Å². The van der Waals surface area contributed by atoms with Crippen molar-refractivity contribution in [1.29, 1.82) is 0 Å². The van der Waals surface area contributed by atoms with E-state index in [-0.39, 0.29) is 18.9 Å². The molecule has 0 radical (unpaired) electrons. The van der Waals surface area contributed by atoms with E-state index in [0.29, 0.717) is 0 Å². The lowest BCUT2D eigenvalue weighted by Crippen LogP contribution is -2.60. The quantitative estimate of drug-likeness (QED) is 0.416. The molecule has 0 aliphatic carbocycles. The van der Waals surface area contributed by atoms with Crippen LogP contribution in [0.1, 0.15) is 13.3 Å². The Bertz CT molecular complexity index is 210. The van der Waals surface area contributed by atoms with Crippen molar-refractivity contribution in [1.82, 2.24) is 5.32 Å². The zero-order valence-corrected chi connectivity index (χ0v) is 7.88. The van der Waals surface area contributed by atoms with E-state index < -0.39 is 24.5 Å². The van der Waals surface area contributed by atoms with Gasteiger partial charge in [0.1, 0.15) is 18.2 Å². The van der Waals surface area contributed by atoms with Crippen molar-refractivity contribution in [2.45, 2.75) is 37.9 Å². The zero-order valence-electron chi connectivity index (χ0n) is 7.88. The first-order valence-corrected chi connectivity index (χ1v) is 4.51. The maximum absolute atomic E-state index is 11.0. The van der Waals surface area contributed by atoms with Crippen molar-refractivity contribution in [3.05, 3.63) is 0 Å². The molecule has 1 aliphatic rings. The zero-order chi connectivity index (χ0) is 10.7. The van der Waals surface area contributed by atoms with Gasteiger partial charge in [-0.25, -0.2) is 0 Å². The van der Waals surface area contributed by atoms with E-state index in [1.807, 2.05) is 0 Å². The second-order valence-electron chi connectivity index (χ2n) is 3.23. The number of rotatable bonds is 2. The lowest BCUT2D eigenvalue weighted by atomic mass is 10.0. The lowest BCUT2D eigenvalue weighted by molar-refractivity contribution is -0.212. The van der Waals surface area contributed by atoms with Crippen molar-refractivity contribution in [3.63, 3.8) is 0 Å². The molecule has 4 atom stereocenters. The molecule has 0 bridgehead atoms. The normalized spacial score (nSPS) is 38.0. The number of aliphatic hydroxyl groups is 3. The molecule has 6 heteroatoms. The third-order valence-electron chi connectivity index (χ3n) is 2.16. The smallest absolute Gasteiger partial charge is 0.220 e. The molecule has 1 rings (SSSR count). The molecule has 0 saturated carbocycles. The Hall–Kier alpha value is -0.690. The first-order chi connectivity index (χ1) is 6.56. The molecular formula is C8H15NO5. The lowest BCUT2D eigenvalue weighted by Gasteiger charge is -2.35. The first kappa shape index (κ1) is 11.4. The van der Waals surface area contributed by atoms with Crippen molar-refractivity contribution < 1.29 is 24.9 Å². The van der Waals surface area contributed by atoms with Gasteiger partial charge in [0, 0.05) is 6.42 Å². The highest BCUT2D eigenvalue weighted by atomic mass is 16.6. The summed E-state index contributed by atoms with van der Waals surface area (Å²) in [7, 11) is 0. The first-order valence-electron chi connectivity index (χ1n) is 4.51. The van der Waals surface area contributed by atoms with Crippen molar-refractivity contribution in [2.75, 3.05) is 6.61 Å². The van der Waals surface area contributed by atoms with Crippen LogP contribution in [0, 0.1) is 0 Å². The molecule has 0 spiro atoms. The number of ether oxygens (including phenoxy) is 1. The molecule has 4 N–H and O–H groups in total. The van der Waals surface area contributed by atoms with E-state index >= 15 is 0 Å². The maximum atomic E-state index is 11.0. The molecular weight excluding hydrogens is 190 g/mol. The van der Waals surface area contributed by atoms with Crippen LogP contribution < -0.4 is 5.32 Å².